The van der Waals surface area contributed by atoms with Crippen LogP contribution in [0.4, 0.5) is 10.5 Å². The number of piperidine rings is 1. The number of carbonyl (C=O) groups is 3. The molecule has 1 saturated carbocycles. The van der Waals surface area contributed by atoms with Crippen LogP contribution < -0.4 is 30.9 Å². The Hall–Kier alpha value is -2.98. The van der Waals surface area contributed by atoms with Crippen LogP contribution >= 0.6 is 11.8 Å². The molecule has 4 N–H and O–H groups in total. The molecule has 3 aliphatic heterocycles. The van der Waals surface area contributed by atoms with E-state index in [-0.39, 0.29) is 53.4 Å². The maximum Gasteiger partial charge on any atom is 0.326 e. The Labute approximate surface area is 221 Å². The first-order valence-corrected chi connectivity index (χ1v) is 13.9. The van der Waals surface area contributed by atoms with Crippen molar-refractivity contribution >= 4 is 35.3 Å². The number of nitrogens with zero attached hydrogens (tertiary/aromatic N) is 1. The molecular formula is C27H35N5O4S. The predicted molar refractivity (Wildman–Crippen MR) is 144 cm³/mol. The fourth-order valence-corrected chi connectivity index (χ4v) is 7.30. The molecule has 10 heteroatoms. The molecule has 4 amide bonds. The van der Waals surface area contributed by atoms with Gasteiger partial charge in [0, 0.05) is 29.4 Å². The van der Waals surface area contributed by atoms with Gasteiger partial charge in [0.05, 0.1) is 22.4 Å². The number of amides is 4. The van der Waals surface area contributed by atoms with Crippen LogP contribution in [0.15, 0.2) is 41.5 Å². The number of anilines is 1. The summed E-state index contributed by atoms with van der Waals surface area (Å²) in [6.07, 6.45) is 4.42. The molecule has 3 unspecified atom stereocenters. The van der Waals surface area contributed by atoms with Crippen molar-refractivity contribution in [3.05, 3.63) is 47.0 Å². The van der Waals surface area contributed by atoms with Crippen LogP contribution in [-0.4, -0.2) is 54.0 Å². The van der Waals surface area contributed by atoms with E-state index in [4.69, 9.17) is 4.74 Å². The van der Waals surface area contributed by atoms with Crippen molar-refractivity contribution in [3.8, 4) is 5.75 Å². The highest BCUT2D eigenvalue weighted by Gasteiger charge is 2.52. The summed E-state index contributed by atoms with van der Waals surface area (Å²) in [5, 5.41) is 12.7. The molecule has 0 bridgehead atoms. The van der Waals surface area contributed by atoms with Crippen LogP contribution in [-0.2, 0) is 9.59 Å². The minimum Gasteiger partial charge on any atom is -0.491 e. The summed E-state index contributed by atoms with van der Waals surface area (Å²) < 4.78 is 5.83. The zero-order chi connectivity index (χ0) is 26.3. The second kappa shape index (κ2) is 10.4. The number of benzene rings is 1. The number of aryl methyl sites for hydroxylation is 1. The molecule has 0 radical (unpaired) electrons. The van der Waals surface area contributed by atoms with Gasteiger partial charge in [-0.2, -0.15) is 0 Å². The van der Waals surface area contributed by atoms with Crippen molar-refractivity contribution < 1.29 is 19.1 Å². The van der Waals surface area contributed by atoms with E-state index in [1.807, 2.05) is 43.9 Å². The number of carbonyl (C=O) groups excluding carboxylic acids is 3. The second-order valence-corrected chi connectivity index (χ2v) is 11.6. The lowest BCUT2D eigenvalue weighted by molar-refractivity contribution is -0.117. The molecule has 1 aliphatic carbocycles. The molecule has 4 aliphatic rings. The zero-order valence-electron chi connectivity index (χ0n) is 21.5. The molecule has 5 rings (SSSR count). The highest BCUT2D eigenvalue weighted by Crippen LogP contribution is 2.48. The summed E-state index contributed by atoms with van der Waals surface area (Å²) in [5.41, 5.74) is 2.55. The van der Waals surface area contributed by atoms with Crippen LogP contribution in [0, 0.1) is 12.8 Å². The van der Waals surface area contributed by atoms with Gasteiger partial charge in [-0.3, -0.25) is 14.5 Å². The first-order valence-electron chi connectivity index (χ1n) is 13.0. The molecule has 2 saturated heterocycles. The first-order chi connectivity index (χ1) is 17.7. The average Bonchev–Trinajstić information content (AvgIpc) is 3.44. The predicted octanol–water partition coefficient (Wildman–Crippen LogP) is 2.91. The third-order valence-electron chi connectivity index (χ3n) is 7.45. The van der Waals surface area contributed by atoms with E-state index < -0.39 is 0 Å². The van der Waals surface area contributed by atoms with E-state index in [0.717, 1.165) is 48.5 Å². The van der Waals surface area contributed by atoms with Crippen molar-refractivity contribution in [2.45, 2.75) is 76.1 Å². The van der Waals surface area contributed by atoms with Gasteiger partial charge < -0.3 is 26.0 Å². The lowest BCUT2D eigenvalue weighted by Gasteiger charge is -2.46. The number of urea groups is 1. The molecule has 3 fully saturated rings. The van der Waals surface area contributed by atoms with Crippen molar-refractivity contribution in [2.75, 3.05) is 11.4 Å². The number of rotatable bonds is 7. The maximum absolute atomic E-state index is 13.5. The fraction of sp³-hybridized carbons (Fsp3) is 0.519. The summed E-state index contributed by atoms with van der Waals surface area (Å²) in [5.74, 6) is 0.425. The lowest BCUT2D eigenvalue weighted by Crippen LogP contribution is -2.62. The highest BCUT2D eigenvalue weighted by molar-refractivity contribution is 8.04. The number of hydrogen-bond donors (Lipinski definition) is 4. The SMILES string of the molecule is C=CC(=O)N[C@H]1CC[C@@H](NC(=O)C2=C3NC(=O)N(c4ccc(OC(C)C)cc4C)C4CCNC(S2)C34)C1. The van der Waals surface area contributed by atoms with Gasteiger partial charge in [0.15, 0.2) is 0 Å². The molecule has 0 spiro atoms. The smallest absolute Gasteiger partial charge is 0.326 e. The quantitative estimate of drug-likeness (QED) is 0.408. The molecule has 3 heterocycles. The van der Waals surface area contributed by atoms with Gasteiger partial charge in [-0.05, 0) is 82.8 Å². The van der Waals surface area contributed by atoms with Gasteiger partial charge in [-0.25, -0.2) is 4.79 Å². The molecule has 9 nitrogen and oxygen atoms in total. The fourth-order valence-electron chi connectivity index (χ4n) is 5.90. The zero-order valence-corrected chi connectivity index (χ0v) is 22.3. The van der Waals surface area contributed by atoms with Crippen LogP contribution in [0.5, 0.6) is 5.75 Å². The summed E-state index contributed by atoms with van der Waals surface area (Å²) in [6, 6.07) is 5.59. The van der Waals surface area contributed by atoms with Gasteiger partial charge in [0.25, 0.3) is 5.91 Å². The Morgan fingerprint density at radius 1 is 1.22 bits per heavy atom. The third kappa shape index (κ3) is 5.09. The first kappa shape index (κ1) is 25.7. The van der Waals surface area contributed by atoms with Crippen LogP contribution in [0.3, 0.4) is 0 Å². The highest BCUT2D eigenvalue weighted by atomic mass is 32.2. The minimum absolute atomic E-state index is 0.00797. The average molecular weight is 526 g/mol. The maximum atomic E-state index is 13.5. The Bertz CT molecular complexity index is 1150. The molecule has 5 atom stereocenters. The molecule has 1 aromatic rings. The third-order valence-corrected chi connectivity index (χ3v) is 8.80. The number of hydrogen-bond acceptors (Lipinski definition) is 6. The summed E-state index contributed by atoms with van der Waals surface area (Å²) in [4.78, 5) is 40.9. The normalized spacial score (nSPS) is 28.6. The lowest BCUT2D eigenvalue weighted by atomic mass is 9.86. The van der Waals surface area contributed by atoms with E-state index in [2.05, 4.69) is 27.8 Å². The van der Waals surface area contributed by atoms with Crippen molar-refractivity contribution in [1.82, 2.24) is 21.3 Å². The number of thioether (sulfide) groups is 1. The molecule has 37 heavy (non-hydrogen) atoms. The van der Waals surface area contributed by atoms with Crippen molar-refractivity contribution in [3.63, 3.8) is 0 Å². The van der Waals surface area contributed by atoms with Gasteiger partial charge in [-0.15, -0.1) is 0 Å². The van der Waals surface area contributed by atoms with Gasteiger partial charge in [0.1, 0.15) is 5.75 Å². The summed E-state index contributed by atoms with van der Waals surface area (Å²) in [7, 11) is 0. The van der Waals surface area contributed by atoms with Gasteiger partial charge >= 0.3 is 6.03 Å². The Morgan fingerprint density at radius 2 is 1.97 bits per heavy atom. The van der Waals surface area contributed by atoms with E-state index in [0.29, 0.717) is 11.3 Å². The second-order valence-electron chi connectivity index (χ2n) is 10.4. The molecular weight excluding hydrogens is 490 g/mol. The van der Waals surface area contributed by atoms with Crippen molar-refractivity contribution in [1.29, 1.82) is 0 Å². The van der Waals surface area contributed by atoms with Crippen LogP contribution in [0.25, 0.3) is 0 Å². The summed E-state index contributed by atoms with van der Waals surface area (Å²) >= 11 is 1.50. The van der Waals surface area contributed by atoms with Crippen molar-refractivity contribution in [2.24, 2.45) is 5.92 Å². The monoisotopic (exact) mass is 525 g/mol. The number of ether oxygens (including phenoxy) is 1. The minimum atomic E-state index is -0.210. The number of nitrogens with one attached hydrogen (secondary N) is 4. The van der Waals surface area contributed by atoms with Crippen LogP contribution in [0.2, 0.25) is 0 Å². The Balaban J connectivity index is 1.34. The Morgan fingerprint density at radius 3 is 2.68 bits per heavy atom. The topological polar surface area (TPSA) is 112 Å². The van der Waals surface area contributed by atoms with Crippen LogP contribution in [0.1, 0.15) is 45.1 Å². The van der Waals surface area contributed by atoms with E-state index in [9.17, 15) is 14.4 Å². The van der Waals surface area contributed by atoms with E-state index in [1.165, 1.54) is 17.8 Å². The molecule has 198 valence electrons. The molecule has 0 aromatic heterocycles. The standard InChI is InChI=1S/C27H35N5O4S/c1-5-21(33)29-16-6-7-17(13-16)30-25(34)24-23-22-20(10-11-28-26(22)37-24)32(27(35)31-23)19-9-8-18(12-15(19)4)36-14(2)3/h5,8-9,12,14,16-17,20,22,26,28H,1,6-7,10-11,13H2,2-4H3,(H,29,33)(H,30,34)(H,31,35)/t16-,17+,20?,22?,26?/m0/s1. The largest absolute Gasteiger partial charge is 0.491 e. The van der Waals surface area contributed by atoms with Gasteiger partial charge in [-0.1, -0.05) is 18.3 Å². The van der Waals surface area contributed by atoms with Gasteiger partial charge in [0.2, 0.25) is 5.91 Å². The molecule has 1 aromatic carbocycles. The van der Waals surface area contributed by atoms with E-state index >= 15 is 0 Å². The Kier molecular flexibility index (Phi) is 7.22. The summed E-state index contributed by atoms with van der Waals surface area (Å²) in [6.45, 7) is 10.2. The van der Waals surface area contributed by atoms with E-state index in [1.54, 1.807) is 0 Å².